The molecule has 2 nitrogen and oxygen atoms in total. The lowest BCUT2D eigenvalue weighted by Crippen LogP contribution is -2.02. The molecule has 19 heavy (non-hydrogen) atoms. The Hall–Kier alpha value is -1.32. The fraction of sp³-hybridized carbons (Fsp3) is 0.133. The Balaban J connectivity index is 2.08. The van der Waals surface area contributed by atoms with Gasteiger partial charge >= 0.3 is 0 Å². The number of benzene rings is 2. The summed E-state index contributed by atoms with van der Waals surface area (Å²) in [5.41, 5.74) is 3.25. The molecule has 0 N–H and O–H groups in total. The van der Waals surface area contributed by atoms with Crippen molar-refractivity contribution < 1.29 is 0 Å². The first-order valence-corrected chi connectivity index (χ1v) is 7.18. The standard InChI is InChI=1S/C15H12BrClN2/c1-10-18-14-4-2-3-5-15(14)19(10)9-11-6-7-12(16)8-13(11)17/h2-8H,9H2,1H3. The summed E-state index contributed by atoms with van der Waals surface area (Å²) in [7, 11) is 0. The second-order valence-electron chi connectivity index (χ2n) is 4.47. The van der Waals surface area contributed by atoms with Crippen LogP contribution in [0, 0.1) is 6.92 Å². The van der Waals surface area contributed by atoms with Crippen LogP contribution in [-0.4, -0.2) is 9.55 Å². The number of nitrogens with zero attached hydrogens (tertiary/aromatic N) is 2. The third-order valence-corrected chi connectivity index (χ3v) is 4.03. The van der Waals surface area contributed by atoms with Gasteiger partial charge in [-0.15, -0.1) is 0 Å². The van der Waals surface area contributed by atoms with Crippen LogP contribution < -0.4 is 0 Å². The number of aromatic nitrogens is 2. The molecule has 96 valence electrons. The van der Waals surface area contributed by atoms with E-state index in [4.69, 9.17) is 11.6 Å². The van der Waals surface area contributed by atoms with Gasteiger partial charge in [0.2, 0.25) is 0 Å². The molecule has 4 heteroatoms. The highest BCUT2D eigenvalue weighted by molar-refractivity contribution is 9.10. The molecule has 0 spiro atoms. The van der Waals surface area contributed by atoms with Gasteiger partial charge in [0.1, 0.15) is 5.82 Å². The van der Waals surface area contributed by atoms with Gasteiger partial charge in [-0.05, 0) is 36.8 Å². The smallest absolute Gasteiger partial charge is 0.107 e. The summed E-state index contributed by atoms with van der Waals surface area (Å²) in [4.78, 5) is 4.57. The van der Waals surface area contributed by atoms with Crippen LogP contribution in [0.15, 0.2) is 46.9 Å². The first-order valence-electron chi connectivity index (χ1n) is 6.01. The minimum atomic E-state index is 0.735. The second-order valence-corrected chi connectivity index (χ2v) is 5.79. The molecule has 0 aliphatic carbocycles. The molecule has 3 aromatic rings. The fourth-order valence-corrected chi connectivity index (χ4v) is 2.95. The average Bonchev–Trinajstić information content (AvgIpc) is 2.69. The molecule has 1 heterocycles. The Labute approximate surface area is 125 Å². The molecule has 0 aliphatic heterocycles. The van der Waals surface area contributed by atoms with Crippen molar-refractivity contribution in [2.75, 3.05) is 0 Å². The van der Waals surface area contributed by atoms with Crippen molar-refractivity contribution >= 4 is 38.6 Å². The van der Waals surface area contributed by atoms with Crippen LogP contribution in [0.2, 0.25) is 5.02 Å². The molecule has 0 saturated heterocycles. The highest BCUT2D eigenvalue weighted by atomic mass is 79.9. The molecule has 3 rings (SSSR count). The average molecular weight is 336 g/mol. The van der Waals surface area contributed by atoms with E-state index >= 15 is 0 Å². The molecule has 0 saturated carbocycles. The van der Waals surface area contributed by atoms with Crippen LogP contribution in [-0.2, 0) is 6.54 Å². The summed E-state index contributed by atoms with van der Waals surface area (Å²) in [6.07, 6.45) is 0. The van der Waals surface area contributed by atoms with Crippen molar-refractivity contribution in [1.82, 2.24) is 9.55 Å². The Morgan fingerprint density at radius 1 is 1.21 bits per heavy atom. The number of imidazole rings is 1. The summed E-state index contributed by atoms with van der Waals surface area (Å²) >= 11 is 9.71. The van der Waals surface area contributed by atoms with Gasteiger partial charge in [0.25, 0.3) is 0 Å². The Morgan fingerprint density at radius 2 is 2.00 bits per heavy atom. The van der Waals surface area contributed by atoms with E-state index in [9.17, 15) is 0 Å². The molecule has 0 aliphatic rings. The van der Waals surface area contributed by atoms with Crippen molar-refractivity contribution in [3.05, 3.63) is 63.3 Å². The van der Waals surface area contributed by atoms with Gasteiger partial charge < -0.3 is 4.57 Å². The first kappa shape index (κ1) is 12.7. The van der Waals surface area contributed by atoms with E-state index in [0.717, 1.165) is 38.5 Å². The van der Waals surface area contributed by atoms with Crippen LogP contribution in [0.4, 0.5) is 0 Å². The zero-order valence-electron chi connectivity index (χ0n) is 10.4. The monoisotopic (exact) mass is 334 g/mol. The van der Waals surface area contributed by atoms with Crippen molar-refractivity contribution in [3.63, 3.8) is 0 Å². The van der Waals surface area contributed by atoms with E-state index in [1.54, 1.807) is 0 Å². The minimum Gasteiger partial charge on any atom is -0.324 e. The SMILES string of the molecule is Cc1nc2ccccc2n1Cc1ccc(Br)cc1Cl. The molecule has 0 radical (unpaired) electrons. The molecule has 0 unspecified atom stereocenters. The normalized spacial score (nSPS) is 11.1. The largest absolute Gasteiger partial charge is 0.324 e. The maximum atomic E-state index is 6.29. The van der Waals surface area contributed by atoms with E-state index < -0.39 is 0 Å². The number of rotatable bonds is 2. The number of aryl methyl sites for hydroxylation is 1. The summed E-state index contributed by atoms with van der Waals surface area (Å²) in [5, 5.41) is 0.770. The van der Waals surface area contributed by atoms with Gasteiger partial charge in [0.15, 0.2) is 0 Å². The predicted molar refractivity (Wildman–Crippen MR) is 82.7 cm³/mol. The van der Waals surface area contributed by atoms with E-state index in [1.807, 2.05) is 43.3 Å². The first-order chi connectivity index (χ1) is 9.15. The molecular formula is C15H12BrClN2. The van der Waals surface area contributed by atoms with Crippen LogP contribution in [0.5, 0.6) is 0 Å². The molecular weight excluding hydrogens is 324 g/mol. The van der Waals surface area contributed by atoms with Gasteiger partial charge in [-0.1, -0.05) is 45.7 Å². The molecule has 0 fully saturated rings. The molecule has 0 amide bonds. The zero-order chi connectivity index (χ0) is 13.4. The van der Waals surface area contributed by atoms with Crippen molar-refractivity contribution in [3.8, 4) is 0 Å². The van der Waals surface area contributed by atoms with Gasteiger partial charge in [0.05, 0.1) is 17.6 Å². The molecule has 2 aromatic carbocycles. The Morgan fingerprint density at radius 3 is 2.79 bits per heavy atom. The van der Waals surface area contributed by atoms with Gasteiger partial charge in [0, 0.05) is 9.50 Å². The van der Waals surface area contributed by atoms with E-state index in [-0.39, 0.29) is 0 Å². The summed E-state index contributed by atoms with van der Waals surface area (Å²) in [6.45, 7) is 2.76. The minimum absolute atomic E-state index is 0.735. The van der Waals surface area contributed by atoms with E-state index in [0.29, 0.717) is 0 Å². The summed E-state index contributed by atoms with van der Waals surface area (Å²) in [5.74, 6) is 1.00. The third kappa shape index (κ3) is 2.40. The Kier molecular flexibility index (Phi) is 3.33. The van der Waals surface area contributed by atoms with E-state index in [2.05, 4.69) is 31.5 Å². The number of hydrogen-bond donors (Lipinski definition) is 0. The topological polar surface area (TPSA) is 17.8 Å². The van der Waals surface area contributed by atoms with Crippen molar-refractivity contribution in [2.24, 2.45) is 0 Å². The second kappa shape index (κ2) is 4.99. The Bertz CT molecular complexity index is 749. The highest BCUT2D eigenvalue weighted by Gasteiger charge is 2.09. The molecule has 0 atom stereocenters. The van der Waals surface area contributed by atoms with Crippen molar-refractivity contribution in [1.29, 1.82) is 0 Å². The van der Waals surface area contributed by atoms with Gasteiger partial charge in [-0.2, -0.15) is 0 Å². The quantitative estimate of drug-likeness (QED) is 0.657. The van der Waals surface area contributed by atoms with Crippen molar-refractivity contribution in [2.45, 2.75) is 13.5 Å². The zero-order valence-corrected chi connectivity index (χ0v) is 12.7. The lowest BCUT2D eigenvalue weighted by atomic mass is 10.2. The molecule has 0 bridgehead atoms. The van der Waals surface area contributed by atoms with Crippen LogP contribution in [0.3, 0.4) is 0 Å². The van der Waals surface area contributed by atoms with Crippen LogP contribution in [0.25, 0.3) is 11.0 Å². The van der Waals surface area contributed by atoms with Gasteiger partial charge in [-0.3, -0.25) is 0 Å². The van der Waals surface area contributed by atoms with Crippen LogP contribution >= 0.6 is 27.5 Å². The number of halogens is 2. The molecule has 1 aromatic heterocycles. The highest BCUT2D eigenvalue weighted by Crippen LogP contribution is 2.24. The van der Waals surface area contributed by atoms with Crippen LogP contribution in [0.1, 0.15) is 11.4 Å². The maximum Gasteiger partial charge on any atom is 0.107 e. The number of hydrogen-bond acceptors (Lipinski definition) is 1. The predicted octanol–water partition coefficient (Wildman–Crippen LogP) is 4.81. The summed E-state index contributed by atoms with van der Waals surface area (Å²) in [6, 6.07) is 14.1. The summed E-state index contributed by atoms with van der Waals surface area (Å²) < 4.78 is 3.18. The lowest BCUT2D eigenvalue weighted by Gasteiger charge is -2.09. The lowest BCUT2D eigenvalue weighted by molar-refractivity contribution is 0.786. The fourth-order valence-electron chi connectivity index (χ4n) is 2.22. The number of para-hydroxylation sites is 2. The number of fused-ring (bicyclic) bond motifs is 1. The third-order valence-electron chi connectivity index (χ3n) is 3.19. The van der Waals surface area contributed by atoms with E-state index in [1.165, 1.54) is 0 Å². The maximum absolute atomic E-state index is 6.29. The van der Waals surface area contributed by atoms with Gasteiger partial charge in [-0.25, -0.2) is 4.98 Å².